The van der Waals surface area contributed by atoms with Gasteiger partial charge in [-0.15, -0.1) is 0 Å². The lowest BCUT2D eigenvalue weighted by molar-refractivity contribution is -0.131. The number of hydrogen-bond acceptors (Lipinski definition) is 3. The van der Waals surface area contributed by atoms with Gasteiger partial charge in [-0.25, -0.2) is 0 Å². The molecule has 0 saturated heterocycles. The topological polar surface area (TPSA) is 53.3 Å². The number of carbonyl (C=O) groups is 1. The molecule has 0 fully saturated rings. The van der Waals surface area contributed by atoms with E-state index in [9.17, 15) is 4.79 Å². The normalized spacial score (nSPS) is 9.39. The molecule has 0 bridgehead atoms. The van der Waals surface area contributed by atoms with Crippen molar-refractivity contribution in [3.05, 3.63) is 42.0 Å². The first kappa shape index (κ1) is 13.8. The van der Waals surface area contributed by atoms with Gasteiger partial charge in [-0.05, 0) is 31.2 Å². The minimum Gasteiger partial charge on any atom is -0.484 e. The van der Waals surface area contributed by atoms with Crippen LogP contribution in [-0.2, 0) is 4.79 Å². The summed E-state index contributed by atoms with van der Waals surface area (Å²) in [4.78, 5) is 13.2. The van der Waals surface area contributed by atoms with Gasteiger partial charge >= 0.3 is 0 Å². The molecule has 0 heterocycles. The van der Waals surface area contributed by atoms with E-state index in [0.29, 0.717) is 17.9 Å². The Morgan fingerprint density at radius 3 is 2.56 bits per heavy atom. The molecule has 1 aromatic carbocycles. The number of ether oxygens (including phenoxy) is 1. The van der Waals surface area contributed by atoms with Crippen LogP contribution in [0.4, 0.5) is 0 Å². The lowest BCUT2D eigenvalue weighted by Crippen LogP contribution is -2.32. The Balaban J connectivity index is 2.47. The number of rotatable bonds is 5. The predicted octanol–water partition coefficient (Wildman–Crippen LogP) is 1.97. The largest absolute Gasteiger partial charge is 0.484 e. The maximum atomic E-state index is 11.7. The van der Waals surface area contributed by atoms with Gasteiger partial charge in [-0.2, -0.15) is 5.26 Å². The van der Waals surface area contributed by atoms with Crippen LogP contribution in [0.3, 0.4) is 0 Å². The van der Waals surface area contributed by atoms with Crippen LogP contribution in [0.2, 0.25) is 0 Å². The molecule has 0 unspecified atom stereocenters. The van der Waals surface area contributed by atoms with Crippen molar-refractivity contribution < 1.29 is 9.53 Å². The highest BCUT2D eigenvalue weighted by molar-refractivity contribution is 5.77. The molecular formula is C14H16N2O2. The van der Waals surface area contributed by atoms with Crippen LogP contribution in [0.1, 0.15) is 12.5 Å². The van der Waals surface area contributed by atoms with Crippen LogP contribution < -0.4 is 4.74 Å². The molecule has 0 saturated carbocycles. The van der Waals surface area contributed by atoms with E-state index < -0.39 is 0 Å². The Hall–Kier alpha value is -2.28. The van der Waals surface area contributed by atoms with Crippen LogP contribution in [0.15, 0.2) is 36.4 Å². The maximum absolute atomic E-state index is 11.7. The molecule has 0 radical (unpaired) electrons. The third-order valence-electron chi connectivity index (χ3n) is 2.28. The van der Waals surface area contributed by atoms with E-state index in [1.54, 1.807) is 36.2 Å². The van der Waals surface area contributed by atoms with Gasteiger partial charge in [0, 0.05) is 13.6 Å². The summed E-state index contributed by atoms with van der Waals surface area (Å²) >= 11 is 0. The van der Waals surface area contributed by atoms with E-state index >= 15 is 0 Å². The van der Waals surface area contributed by atoms with Crippen molar-refractivity contribution in [2.24, 2.45) is 0 Å². The number of likely N-dealkylation sites (N-methyl/N-ethyl adjacent to an activating group) is 1. The molecule has 4 nitrogen and oxygen atoms in total. The molecule has 0 aromatic heterocycles. The van der Waals surface area contributed by atoms with Gasteiger partial charge in [0.05, 0.1) is 11.6 Å². The molecule has 4 heteroatoms. The van der Waals surface area contributed by atoms with E-state index in [-0.39, 0.29) is 12.5 Å². The SMILES string of the molecule is C=C(C)CN(C)C(=O)COc1ccc(C#N)cc1. The van der Waals surface area contributed by atoms with Crippen molar-refractivity contribution in [1.29, 1.82) is 5.26 Å². The number of benzene rings is 1. The molecule has 0 spiro atoms. The number of nitriles is 1. The fourth-order valence-electron chi connectivity index (χ4n) is 1.37. The highest BCUT2D eigenvalue weighted by Gasteiger charge is 2.09. The van der Waals surface area contributed by atoms with Crippen molar-refractivity contribution in [3.63, 3.8) is 0 Å². The standard InChI is InChI=1S/C14H16N2O2/c1-11(2)9-16(3)14(17)10-18-13-6-4-12(8-15)5-7-13/h4-7H,1,9-10H2,2-3H3. The molecule has 1 amide bonds. The van der Waals surface area contributed by atoms with E-state index in [1.807, 2.05) is 13.0 Å². The number of amides is 1. The summed E-state index contributed by atoms with van der Waals surface area (Å²) in [5.74, 6) is 0.466. The quantitative estimate of drug-likeness (QED) is 0.744. The van der Waals surface area contributed by atoms with Crippen molar-refractivity contribution in [2.45, 2.75) is 6.92 Å². The van der Waals surface area contributed by atoms with E-state index in [4.69, 9.17) is 10.00 Å². The maximum Gasteiger partial charge on any atom is 0.260 e. The highest BCUT2D eigenvalue weighted by Crippen LogP contribution is 2.11. The van der Waals surface area contributed by atoms with Crippen LogP contribution in [0.5, 0.6) is 5.75 Å². The highest BCUT2D eigenvalue weighted by atomic mass is 16.5. The van der Waals surface area contributed by atoms with Gasteiger partial charge in [0.15, 0.2) is 6.61 Å². The minimum atomic E-state index is -0.109. The zero-order valence-electron chi connectivity index (χ0n) is 10.6. The monoisotopic (exact) mass is 244 g/mol. The summed E-state index contributed by atoms with van der Waals surface area (Å²) in [6, 6.07) is 8.66. The molecule has 0 aliphatic carbocycles. The van der Waals surface area contributed by atoms with Crippen LogP contribution in [0.25, 0.3) is 0 Å². The Labute approximate surface area is 107 Å². The Bertz CT molecular complexity index is 472. The molecule has 0 N–H and O–H groups in total. The van der Waals surface area contributed by atoms with Gasteiger partial charge in [0.25, 0.3) is 5.91 Å². The number of hydrogen-bond donors (Lipinski definition) is 0. The molecule has 18 heavy (non-hydrogen) atoms. The summed E-state index contributed by atoms with van der Waals surface area (Å²) in [6.07, 6.45) is 0. The first-order valence-electron chi connectivity index (χ1n) is 5.54. The molecule has 0 aliphatic heterocycles. The Morgan fingerprint density at radius 2 is 2.06 bits per heavy atom. The van der Waals surface area contributed by atoms with E-state index in [0.717, 1.165) is 5.57 Å². The third kappa shape index (κ3) is 4.30. The second-order valence-electron chi connectivity index (χ2n) is 4.13. The summed E-state index contributed by atoms with van der Waals surface area (Å²) in [7, 11) is 1.71. The second-order valence-corrected chi connectivity index (χ2v) is 4.13. The van der Waals surface area contributed by atoms with Crippen molar-refractivity contribution in [1.82, 2.24) is 4.90 Å². The molecular weight excluding hydrogens is 228 g/mol. The molecule has 1 aromatic rings. The van der Waals surface area contributed by atoms with Gasteiger partial charge in [-0.1, -0.05) is 12.2 Å². The van der Waals surface area contributed by atoms with Crippen LogP contribution in [-0.4, -0.2) is 31.0 Å². The fraction of sp³-hybridized carbons (Fsp3) is 0.286. The summed E-state index contributed by atoms with van der Waals surface area (Å²) in [5, 5.41) is 8.64. The van der Waals surface area contributed by atoms with Crippen molar-refractivity contribution in [3.8, 4) is 11.8 Å². The Morgan fingerprint density at radius 1 is 1.44 bits per heavy atom. The van der Waals surface area contributed by atoms with E-state index in [1.165, 1.54) is 0 Å². The van der Waals surface area contributed by atoms with Crippen LogP contribution in [0, 0.1) is 11.3 Å². The number of carbonyl (C=O) groups excluding carboxylic acids is 1. The van der Waals surface area contributed by atoms with Gasteiger partial charge in [0.1, 0.15) is 5.75 Å². The summed E-state index contributed by atoms with van der Waals surface area (Å²) in [6.45, 7) is 6.12. The molecule has 0 atom stereocenters. The molecule has 1 rings (SSSR count). The smallest absolute Gasteiger partial charge is 0.260 e. The summed E-state index contributed by atoms with van der Waals surface area (Å²) in [5.41, 5.74) is 1.48. The molecule has 0 aliphatic rings. The Kier molecular flexibility index (Phi) is 4.94. The second kappa shape index (κ2) is 6.45. The van der Waals surface area contributed by atoms with Gasteiger partial charge in [0.2, 0.25) is 0 Å². The van der Waals surface area contributed by atoms with E-state index in [2.05, 4.69) is 6.58 Å². The van der Waals surface area contributed by atoms with Crippen molar-refractivity contribution >= 4 is 5.91 Å². The average Bonchev–Trinajstić information content (AvgIpc) is 2.35. The van der Waals surface area contributed by atoms with Crippen LogP contribution >= 0.6 is 0 Å². The third-order valence-corrected chi connectivity index (χ3v) is 2.28. The first-order chi connectivity index (χ1) is 8.52. The first-order valence-corrected chi connectivity index (χ1v) is 5.54. The number of nitrogens with zero attached hydrogens (tertiary/aromatic N) is 2. The fourth-order valence-corrected chi connectivity index (χ4v) is 1.37. The van der Waals surface area contributed by atoms with Gasteiger partial charge in [-0.3, -0.25) is 4.79 Å². The lowest BCUT2D eigenvalue weighted by atomic mass is 10.2. The zero-order valence-corrected chi connectivity index (χ0v) is 10.6. The molecule has 94 valence electrons. The lowest BCUT2D eigenvalue weighted by Gasteiger charge is -2.17. The predicted molar refractivity (Wildman–Crippen MR) is 69.1 cm³/mol. The van der Waals surface area contributed by atoms with Gasteiger partial charge < -0.3 is 9.64 Å². The average molecular weight is 244 g/mol. The zero-order chi connectivity index (χ0) is 13.5. The minimum absolute atomic E-state index is 0.0182. The summed E-state index contributed by atoms with van der Waals surface area (Å²) < 4.78 is 5.34. The van der Waals surface area contributed by atoms with Crippen molar-refractivity contribution in [2.75, 3.05) is 20.2 Å².